The molecular formula is C15H33NSi. The lowest BCUT2D eigenvalue weighted by molar-refractivity contribution is 0.219. The van der Waals surface area contributed by atoms with E-state index >= 15 is 0 Å². The molecule has 0 radical (unpaired) electrons. The number of hydrogen-bond donors (Lipinski definition) is 0. The molecule has 0 aliphatic carbocycles. The minimum absolute atomic E-state index is 0.776. The molecule has 0 heterocycles. The van der Waals surface area contributed by atoms with Crippen LogP contribution in [0.25, 0.3) is 0 Å². The fraction of sp³-hybridized carbons (Fsp3) is 0.867. The first-order chi connectivity index (χ1) is 7.76. The molecule has 1 nitrogen and oxygen atoms in total. The second kappa shape index (κ2) is 8.10. The van der Waals surface area contributed by atoms with Crippen LogP contribution in [-0.4, -0.2) is 32.6 Å². The molecule has 102 valence electrons. The van der Waals surface area contributed by atoms with Crippen molar-refractivity contribution in [3.8, 4) is 0 Å². The van der Waals surface area contributed by atoms with Crippen molar-refractivity contribution in [3.05, 3.63) is 12.3 Å². The van der Waals surface area contributed by atoms with Gasteiger partial charge in [0, 0.05) is 13.1 Å². The van der Waals surface area contributed by atoms with Gasteiger partial charge in [0.25, 0.3) is 0 Å². The molecule has 0 N–H and O–H groups in total. The number of nitrogens with zero attached hydrogens (tertiary/aromatic N) is 1. The van der Waals surface area contributed by atoms with E-state index < -0.39 is 8.07 Å². The van der Waals surface area contributed by atoms with E-state index in [0.717, 1.165) is 11.8 Å². The molecule has 0 unspecified atom stereocenters. The van der Waals surface area contributed by atoms with Crippen LogP contribution in [0.1, 0.15) is 34.1 Å². The predicted octanol–water partition coefficient (Wildman–Crippen LogP) is 4.42. The SMILES string of the molecule is C=C[Si](C)(C)CCCN(CC(C)C)CC(C)C. The van der Waals surface area contributed by atoms with Crippen LogP contribution in [0.5, 0.6) is 0 Å². The van der Waals surface area contributed by atoms with Crippen molar-refractivity contribution in [3.63, 3.8) is 0 Å². The van der Waals surface area contributed by atoms with E-state index in [9.17, 15) is 0 Å². The maximum atomic E-state index is 3.98. The zero-order chi connectivity index (χ0) is 13.5. The Balaban J connectivity index is 4.03. The van der Waals surface area contributed by atoms with Crippen molar-refractivity contribution < 1.29 is 0 Å². The maximum absolute atomic E-state index is 3.98. The van der Waals surface area contributed by atoms with Gasteiger partial charge in [0.2, 0.25) is 0 Å². The first-order valence-electron chi connectivity index (χ1n) is 7.13. The highest BCUT2D eigenvalue weighted by molar-refractivity contribution is 6.82. The minimum Gasteiger partial charge on any atom is -0.303 e. The van der Waals surface area contributed by atoms with Crippen LogP contribution in [0.4, 0.5) is 0 Å². The Morgan fingerprint density at radius 3 is 1.88 bits per heavy atom. The van der Waals surface area contributed by atoms with Crippen molar-refractivity contribution in [1.82, 2.24) is 4.90 Å². The molecule has 0 amide bonds. The van der Waals surface area contributed by atoms with Crippen LogP contribution in [0, 0.1) is 11.8 Å². The van der Waals surface area contributed by atoms with Gasteiger partial charge < -0.3 is 4.90 Å². The highest BCUT2D eigenvalue weighted by atomic mass is 28.3. The van der Waals surface area contributed by atoms with Gasteiger partial charge in [0.05, 0.1) is 8.07 Å². The molecule has 0 fully saturated rings. The fourth-order valence-corrected chi connectivity index (χ4v) is 3.42. The molecule has 0 rings (SSSR count). The summed E-state index contributed by atoms with van der Waals surface area (Å²) in [7, 11) is -1.09. The van der Waals surface area contributed by atoms with Crippen molar-refractivity contribution >= 4 is 8.07 Å². The van der Waals surface area contributed by atoms with Crippen molar-refractivity contribution in [2.75, 3.05) is 19.6 Å². The summed E-state index contributed by atoms with van der Waals surface area (Å²) in [6, 6.07) is 1.38. The third-order valence-electron chi connectivity index (χ3n) is 3.09. The smallest absolute Gasteiger partial charge is 0.0710 e. The Hall–Kier alpha value is -0.0831. The molecule has 0 bridgehead atoms. The topological polar surface area (TPSA) is 3.24 Å². The van der Waals surface area contributed by atoms with E-state index in [1.807, 2.05) is 0 Å². The van der Waals surface area contributed by atoms with Crippen molar-refractivity contribution in [2.24, 2.45) is 11.8 Å². The lowest BCUT2D eigenvalue weighted by Crippen LogP contribution is -2.33. The molecule has 0 aromatic heterocycles. The highest BCUT2D eigenvalue weighted by Crippen LogP contribution is 2.14. The zero-order valence-electron chi connectivity index (χ0n) is 12.9. The number of rotatable bonds is 9. The van der Waals surface area contributed by atoms with Crippen molar-refractivity contribution in [2.45, 2.75) is 53.3 Å². The zero-order valence-corrected chi connectivity index (χ0v) is 13.9. The molecule has 0 atom stereocenters. The quantitative estimate of drug-likeness (QED) is 0.551. The number of hydrogen-bond acceptors (Lipinski definition) is 1. The third kappa shape index (κ3) is 9.60. The van der Waals surface area contributed by atoms with E-state index in [0.29, 0.717) is 0 Å². The molecule has 17 heavy (non-hydrogen) atoms. The summed E-state index contributed by atoms with van der Waals surface area (Å²) < 4.78 is 0. The summed E-state index contributed by atoms with van der Waals surface area (Å²) in [5.41, 5.74) is 2.22. The Labute approximate surface area is 110 Å². The maximum Gasteiger partial charge on any atom is 0.0710 e. The van der Waals surface area contributed by atoms with Gasteiger partial charge in [-0.25, -0.2) is 0 Å². The summed E-state index contributed by atoms with van der Waals surface area (Å²) in [5.74, 6) is 1.55. The molecule has 0 aliphatic rings. The Morgan fingerprint density at radius 1 is 1.06 bits per heavy atom. The third-order valence-corrected chi connectivity index (χ3v) is 5.84. The van der Waals surface area contributed by atoms with Gasteiger partial charge in [-0.3, -0.25) is 0 Å². The summed E-state index contributed by atoms with van der Waals surface area (Å²) in [6.07, 6.45) is 1.34. The average molecular weight is 256 g/mol. The Bertz CT molecular complexity index is 199. The Kier molecular flexibility index (Phi) is 8.06. The van der Waals surface area contributed by atoms with Crippen LogP contribution in [0.15, 0.2) is 12.3 Å². The lowest BCUT2D eigenvalue weighted by atomic mass is 10.1. The van der Waals surface area contributed by atoms with Gasteiger partial charge in [0.1, 0.15) is 0 Å². The lowest BCUT2D eigenvalue weighted by Gasteiger charge is -2.27. The van der Waals surface area contributed by atoms with E-state index in [1.165, 1.54) is 32.1 Å². The molecule has 0 spiro atoms. The normalized spacial score (nSPS) is 12.8. The second-order valence-electron chi connectivity index (χ2n) is 6.84. The largest absolute Gasteiger partial charge is 0.303 e. The van der Waals surface area contributed by atoms with E-state index in [1.54, 1.807) is 0 Å². The van der Waals surface area contributed by atoms with Gasteiger partial charge in [-0.2, -0.15) is 0 Å². The van der Waals surface area contributed by atoms with Crippen LogP contribution in [0.3, 0.4) is 0 Å². The van der Waals surface area contributed by atoms with E-state index in [-0.39, 0.29) is 0 Å². The summed E-state index contributed by atoms with van der Waals surface area (Å²) >= 11 is 0. The van der Waals surface area contributed by atoms with Crippen LogP contribution >= 0.6 is 0 Å². The van der Waals surface area contributed by atoms with Gasteiger partial charge in [-0.15, -0.1) is 12.3 Å². The average Bonchev–Trinajstić information content (AvgIpc) is 2.15. The second-order valence-corrected chi connectivity index (χ2v) is 11.7. The summed E-state index contributed by atoms with van der Waals surface area (Å²) in [6.45, 7) is 21.8. The predicted molar refractivity (Wildman–Crippen MR) is 83.2 cm³/mol. The van der Waals surface area contributed by atoms with Gasteiger partial charge in [-0.05, 0) is 24.8 Å². The standard InChI is InChI=1S/C15H33NSi/c1-8-17(6,7)11-9-10-16(12-14(2)3)13-15(4)5/h8,14-15H,1,9-13H2,2-7H3. The molecule has 2 heteroatoms. The van der Waals surface area contributed by atoms with E-state index in [2.05, 4.69) is 58.0 Å². The van der Waals surface area contributed by atoms with Crippen LogP contribution in [0.2, 0.25) is 19.1 Å². The first kappa shape index (κ1) is 16.9. The summed E-state index contributed by atoms with van der Waals surface area (Å²) in [4.78, 5) is 2.64. The molecule has 0 aromatic rings. The van der Waals surface area contributed by atoms with Crippen LogP contribution < -0.4 is 0 Å². The molecule has 0 saturated heterocycles. The molecule has 0 saturated carbocycles. The fourth-order valence-electron chi connectivity index (χ4n) is 2.15. The minimum atomic E-state index is -1.09. The van der Waals surface area contributed by atoms with Crippen molar-refractivity contribution in [1.29, 1.82) is 0 Å². The van der Waals surface area contributed by atoms with Gasteiger partial charge in [-0.1, -0.05) is 46.8 Å². The first-order valence-corrected chi connectivity index (χ1v) is 10.4. The summed E-state index contributed by atoms with van der Waals surface area (Å²) in [5, 5.41) is 0. The molecular weight excluding hydrogens is 222 g/mol. The van der Waals surface area contributed by atoms with Crippen LogP contribution in [-0.2, 0) is 0 Å². The van der Waals surface area contributed by atoms with Gasteiger partial charge >= 0.3 is 0 Å². The highest BCUT2D eigenvalue weighted by Gasteiger charge is 2.16. The van der Waals surface area contributed by atoms with E-state index in [4.69, 9.17) is 0 Å². The van der Waals surface area contributed by atoms with Gasteiger partial charge in [0.15, 0.2) is 0 Å². The monoisotopic (exact) mass is 255 g/mol. The Morgan fingerprint density at radius 2 is 1.53 bits per heavy atom. The molecule has 0 aromatic carbocycles. The molecule has 0 aliphatic heterocycles.